The van der Waals surface area contributed by atoms with Crippen LogP contribution >= 0.6 is 0 Å². The minimum atomic E-state index is 1.19. The quantitative estimate of drug-likeness (QED) is 0.472. The molecule has 0 aliphatic rings. The molecule has 3 rings (SSSR count). The third-order valence-electron chi connectivity index (χ3n) is 2.50. The topological polar surface area (TPSA) is 14.1 Å². The van der Waals surface area contributed by atoms with Gasteiger partial charge in [0.2, 0.25) is 11.0 Å². The second-order valence-electron chi connectivity index (χ2n) is 3.44. The Hall–Kier alpha value is -1.89. The van der Waals surface area contributed by atoms with Crippen LogP contribution in [0.3, 0.4) is 0 Å². The lowest BCUT2D eigenvalue weighted by Crippen LogP contribution is -2.04. The first-order valence-corrected chi connectivity index (χ1v) is 4.73. The van der Waals surface area contributed by atoms with Crippen LogP contribution in [0.4, 0.5) is 0 Å². The van der Waals surface area contributed by atoms with Crippen LogP contribution in [0.5, 0.6) is 0 Å². The predicted molar refractivity (Wildman–Crippen MR) is 58.0 cm³/mol. The van der Waals surface area contributed by atoms with Crippen LogP contribution in [0.25, 0.3) is 21.8 Å². The summed E-state index contributed by atoms with van der Waals surface area (Å²) in [5.41, 5.74) is 2.37. The molecule has 1 nitrogen and oxygen atoms in total. The molecule has 1 heterocycles. The van der Waals surface area contributed by atoms with Gasteiger partial charge in [-0.3, -0.25) is 0 Å². The van der Waals surface area contributed by atoms with Crippen molar-refractivity contribution in [1.29, 1.82) is 0 Å². The van der Waals surface area contributed by atoms with E-state index in [2.05, 4.69) is 47.4 Å². The summed E-state index contributed by atoms with van der Waals surface area (Å²) in [5, 5.41) is 2.51. The van der Waals surface area contributed by atoms with Gasteiger partial charge in [0.1, 0.15) is 0 Å². The number of pyridine rings is 1. The third-order valence-corrected chi connectivity index (χ3v) is 2.50. The van der Waals surface area contributed by atoms with Gasteiger partial charge in [-0.25, -0.2) is 4.98 Å². The molecule has 0 bridgehead atoms. The van der Waals surface area contributed by atoms with Crippen molar-refractivity contribution in [3.05, 3.63) is 54.6 Å². The van der Waals surface area contributed by atoms with E-state index in [4.69, 9.17) is 0 Å². The standard InChI is InChI=1S/C13H9N/c1-3-7-12-10(5-1)9-11-6-2-4-8-13(11)14-12/h1-9H/p+1. The summed E-state index contributed by atoms with van der Waals surface area (Å²) in [6.07, 6.45) is 0. The monoisotopic (exact) mass is 180 g/mol. The molecule has 0 radical (unpaired) electrons. The summed E-state index contributed by atoms with van der Waals surface area (Å²) in [6.45, 7) is 0. The van der Waals surface area contributed by atoms with Crippen molar-refractivity contribution in [1.82, 2.24) is 0 Å². The Labute approximate surface area is 82.0 Å². The van der Waals surface area contributed by atoms with Gasteiger partial charge in [-0.1, -0.05) is 24.3 Å². The van der Waals surface area contributed by atoms with Crippen molar-refractivity contribution in [2.75, 3.05) is 0 Å². The third kappa shape index (κ3) is 1.06. The van der Waals surface area contributed by atoms with E-state index in [9.17, 15) is 0 Å². The van der Waals surface area contributed by atoms with E-state index in [1.54, 1.807) is 0 Å². The van der Waals surface area contributed by atoms with Gasteiger partial charge < -0.3 is 0 Å². The number of aromatic amines is 1. The Morgan fingerprint density at radius 1 is 0.643 bits per heavy atom. The fourth-order valence-electron chi connectivity index (χ4n) is 1.79. The number of nitrogens with one attached hydrogen (secondary N) is 1. The SMILES string of the molecule is c1ccc2[nH+]c3ccccc3cc2c1. The van der Waals surface area contributed by atoms with Crippen molar-refractivity contribution in [2.45, 2.75) is 0 Å². The van der Waals surface area contributed by atoms with Crippen molar-refractivity contribution in [3.8, 4) is 0 Å². The molecule has 1 N–H and O–H groups in total. The minimum Gasteiger partial charge on any atom is -0.204 e. The van der Waals surface area contributed by atoms with Gasteiger partial charge in [0.25, 0.3) is 0 Å². The summed E-state index contributed by atoms with van der Waals surface area (Å²) in [7, 11) is 0. The zero-order valence-electron chi connectivity index (χ0n) is 7.70. The summed E-state index contributed by atoms with van der Waals surface area (Å²) in [4.78, 5) is 3.41. The highest BCUT2D eigenvalue weighted by Gasteiger charge is 2.02. The number of hydrogen-bond donors (Lipinski definition) is 0. The van der Waals surface area contributed by atoms with Crippen LogP contribution in [0.2, 0.25) is 0 Å². The molecule has 1 heteroatoms. The van der Waals surface area contributed by atoms with E-state index in [-0.39, 0.29) is 0 Å². The minimum absolute atomic E-state index is 1.19. The molecule has 0 saturated carbocycles. The van der Waals surface area contributed by atoms with Gasteiger partial charge in [-0.05, 0) is 18.2 Å². The molecule has 2 aromatic carbocycles. The normalized spacial score (nSPS) is 10.9. The number of fused-ring (bicyclic) bond motifs is 2. The smallest absolute Gasteiger partial charge is 0.204 e. The molecule has 14 heavy (non-hydrogen) atoms. The van der Waals surface area contributed by atoms with Crippen LogP contribution in [-0.2, 0) is 0 Å². The lowest BCUT2D eigenvalue weighted by Gasteiger charge is -1.94. The van der Waals surface area contributed by atoms with Crippen LogP contribution < -0.4 is 4.98 Å². The molecule has 0 amide bonds. The summed E-state index contributed by atoms with van der Waals surface area (Å²) >= 11 is 0. The lowest BCUT2D eigenvalue weighted by atomic mass is 10.1. The first-order valence-electron chi connectivity index (χ1n) is 4.73. The number of aromatic nitrogens is 1. The van der Waals surface area contributed by atoms with E-state index < -0.39 is 0 Å². The Balaban J connectivity index is 2.52. The Morgan fingerprint density at radius 3 is 1.71 bits per heavy atom. The molecular weight excluding hydrogens is 170 g/mol. The maximum atomic E-state index is 3.41. The lowest BCUT2D eigenvalue weighted by molar-refractivity contribution is -0.310. The molecule has 0 fully saturated rings. The maximum Gasteiger partial charge on any atom is 0.211 e. The number of benzene rings is 2. The fourth-order valence-corrected chi connectivity index (χ4v) is 1.79. The zero-order chi connectivity index (χ0) is 9.38. The van der Waals surface area contributed by atoms with E-state index in [1.165, 1.54) is 21.8 Å². The zero-order valence-corrected chi connectivity index (χ0v) is 7.70. The number of H-pyrrole nitrogens is 1. The van der Waals surface area contributed by atoms with Crippen molar-refractivity contribution < 1.29 is 4.98 Å². The summed E-state index contributed by atoms with van der Waals surface area (Å²) in [6, 6.07) is 18.9. The van der Waals surface area contributed by atoms with Gasteiger partial charge >= 0.3 is 0 Å². The van der Waals surface area contributed by atoms with Crippen molar-refractivity contribution >= 4 is 21.8 Å². The molecule has 0 unspecified atom stereocenters. The molecule has 66 valence electrons. The fraction of sp³-hybridized carbons (Fsp3) is 0. The first kappa shape index (κ1) is 7.51. The number of para-hydroxylation sites is 2. The average molecular weight is 180 g/mol. The number of rotatable bonds is 0. The van der Waals surface area contributed by atoms with Crippen molar-refractivity contribution in [3.63, 3.8) is 0 Å². The molecule has 0 aliphatic carbocycles. The van der Waals surface area contributed by atoms with Gasteiger partial charge in [0.05, 0.1) is 0 Å². The molecule has 0 atom stereocenters. The van der Waals surface area contributed by atoms with Gasteiger partial charge in [0, 0.05) is 22.9 Å². The Morgan fingerprint density at radius 2 is 1.14 bits per heavy atom. The van der Waals surface area contributed by atoms with E-state index in [1.807, 2.05) is 12.1 Å². The van der Waals surface area contributed by atoms with Crippen LogP contribution in [-0.4, -0.2) is 0 Å². The maximum absolute atomic E-state index is 3.41. The van der Waals surface area contributed by atoms with Gasteiger partial charge in [-0.2, -0.15) is 0 Å². The molecular formula is C13H10N+. The number of hydrogen-bond acceptors (Lipinski definition) is 0. The molecule has 1 aromatic heterocycles. The molecule has 0 spiro atoms. The Kier molecular flexibility index (Phi) is 1.51. The highest BCUT2D eigenvalue weighted by Crippen LogP contribution is 2.15. The van der Waals surface area contributed by atoms with Crippen LogP contribution in [0.1, 0.15) is 0 Å². The highest BCUT2D eigenvalue weighted by molar-refractivity contribution is 5.87. The average Bonchev–Trinajstić information content (AvgIpc) is 2.26. The van der Waals surface area contributed by atoms with Crippen LogP contribution in [0.15, 0.2) is 54.6 Å². The molecule has 0 saturated heterocycles. The molecule has 0 aliphatic heterocycles. The predicted octanol–water partition coefficient (Wildman–Crippen LogP) is 2.81. The summed E-state index contributed by atoms with van der Waals surface area (Å²) in [5.74, 6) is 0. The first-order chi connectivity index (χ1) is 6.93. The summed E-state index contributed by atoms with van der Waals surface area (Å²) < 4.78 is 0. The van der Waals surface area contributed by atoms with E-state index >= 15 is 0 Å². The van der Waals surface area contributed by atoms with Crippen LogP contribution in [0, 0.1) is 0 Å². The molecule has 3 aromatic rings. The highest BCUT2D eigenvalue weighted by atomic mass is 14.7. The van der Waals surface area contributed by atoms with Gasteiger partial charge in [-0.15, -0.1) is 0 Å². The largest absolute Gasteiger partial charge is 0.211 e. The second kappa shape index (κ2) is 2.81. The second-order valence-corrected chi connectivity index (χ2v) is 3.44. The Bertz CT molecular complexity index is 494. The van der Waals surface area contributed by atoms with Crippen molar-refractivity contribution in [2.24, 2.45) is 0 Å². The van der Waals surface area contributed by atoms with E-state index in [0.717, 1.165) is 0 Å². The van der Waals surface area contributed by atoms with E-state index in [0.29, 0.717) is 0 Å². The van der Waals surface area contributed by atoms with Gasteiger partial charge in [0.15, 0.2) is 0 Å².